The average molecular weight is 502 g/mol. The normalized spacial score (nSPS) is 11.7. The molecule has 0 aliphatic rings. The maximum atomic E-state index is 12.6. The van der Waals surface area contributed by atoms with Crippen molar-refractivity contribution in [2.24, 2.45) is 0 Å². The first-order valence-electron chi connectivity index (χ1n) is 11.3. The first-order chi connectivity index (χ1) is 16.7. The molecule has 0 amide bonds. The Morgan fingerprint density at radius 3 is 2.37 bits per heavy atom. The summed E-state index contributed by atoms with van der Waals surface area (Å²) in [6.45, 7) is 3.81. The number of benzene rings is 2. The summed E-state index contributed by atoms with van der Waals surface area (Å²) in [5.74, 6) is 1.39. The van der Waals surface area contributed by atoms with Crippen molar-refractivity contribution in [2.45, 2.75) is 26.8 Å². The Balaban J connectivity index is 1.59. The van der Waals surface area contributed by atoms with Gasteiger partial charge in [-0.3, -0.25) is 4.79 Å². The molecule has 35 heavy (non-hydrogen) atoms. The van der Waals surface area contributed by atoms with Gasteiger partial charge in [0.2, 0.25) is 5.89 Å². The molecule has 10 heteroatoms. The fraction of sp³-hybridized carbons (Fsp3) is 0.360. The lowest BCUT2D eigenvalue weighted by atomic mass is 10.2. The Hall–Kier alpha value is -3.21. The second-order valence-corrected chi connectivity index (χ2v) is 10.1. The van der Waals surface area contributed by atoms with Gasteiger partial charge in [0.1, 0.15) is 18.1 Å². The van der Waals surface area contributed by atoms with Crippen LogP contribution in [-0.4, -0.2) is 61.8 Å². The number of ether oxygens (including phenoxy) is 2. The zero-order valence-corrected chi connectivity index (χ0v) is 21.2. The quantitative estimate of drug-likeness (QED) is 0.350. The molecule has 0 unspecified atom stereocenters. The molecule has 0 fully saturated rings. The van der Waals surface area contributed by atoms with Gasteiger partial charge in [0, 0.05) is 32.6 Å². The van der Waals surface area contributed by atoms with Crippen molar-refractivity contribution in [1.82, 2.24) is 13.6 Å². The molecule has 0 saturated carbocycles. The van der Waals surface area contributed by atoms with Gasteiger partial charge in [-0.2, -0.15) is 17.0 Å². The van der Waals surface area contributed by atoms with Crippen LogP contribution in [0.1, 0.15) is 23.9 Å². The predicted octanol–water partition coefficient (Wildman–Crippen LogP) is 3.44. The first kappa shape index (κ1) is 26.4. The van der Waals surface area contributed by atoms with Crippen LogP contribution in [0.4, 0.5) is 0 Å². The Kier molecular flexibility index (Phi) is 9.02. The standard InChI is InChI=1S/C25H31N3O6S/c1-5-32-24(29)18-28(35(30,31)27(3)4)17-20-11-13-22(14-12-20)33-16-15-23-19(2)34-25(26-23)21-9-7-6-8-10-21/h6-14H,5,15-18H2,1-4H3. The van der Waals surface area contributed by atoms with Gasteiger partial charge in [0.25, 0.3) is 10.2 Å². The summed E-state index contributed by atoms with van der Waals surface area (Å²) in [7, 11) is -0.968. The van der Waals surface area contributed by atoms with Crippen LogP contribution in [-0.2, 0) is 32.7 Å². The number of nitrogens with zero attached hydrogens (tertiary/aromatic N) is 3. The second kappa shape index (κ2) is 12.0. The van der Waals surface area contributed by atoms with Crippen LogP contribution in [0.5, 0.6) is 5.75 Å². The van der Waals surface area contributed by atoms with Crippen molar-refractivity contribution >= 4 is 16.2 Å². The SMILES string of the molecule is CCOC(=O)CN(Cc1ccc(OCCc2nc(-c3ccccc3)oc2C)cc1)S(=O)(=O)N(C)C. The zero-order chi connectivity index (χ0) is 25.4. The van der Waals surface area contributed by atoms with E-state index in [1.807, 2.05) is 37.3 Å². The summed E-state index contributed by atoms with van der Waals surface area (Å²) in [6.07, 6.45) is 0.582. The highest BCUT2D eigenvalue weighted by Crippen LogP contribution is 2.22. The van der Waals surface area contributed by atoms with Crippen LogP contribution in [0.3, 0.4) is 0 Å². The van der Waals surface area contributed by atoms with Gasteiger partial charge in [-0.1, -0.05) is 30.3 Å². The Morgan fingerprint density at radius 1 is 1.06 bits per heavy atom. The molecule has 3 rings (SSSR count). The van der Waals surface area contributed by atoms with Gasteiger partial charge < -0.3 is 13.9 Å². The first-order valence-corrected chi connectivity index (χ1v) is 12.7. The highest BCUT2D eigenvalue weighted by Gasteiger charge is 2.27. The molecule has 0 spiro atoms. The van der Waals surface area contributed by atoms with E-state index in [0.717, 1.165) is 25.6 Å². The lowest BCUT2D eigenvalue weighted by molar-refractivity contribution is -0.143. The largest absolute Gasteiger partial charge is 0.493 e. The number of carbonyl (C=O) groups is 1. The lowest BCUT2D eigenvalue weighted by Gasteiger charge is -2.24. The molecule has 2 aromatic carbocycles. The summed E-state index contributed by atoms with van der Waals surface area (Å²) in [4.78, 5) is 16.5. The zero-order valence-electron chi connectivity index (χ0n) is 20.4. The van der Waals surface area contributed by atoms with Crippen LogP contribution in [0, 0.1) is 6.92 Å². The van der Waals surface area contributed by atoms with E-state index >= 15 is 0 Å². The number of oxazole rings is 1. The number of carbonyl (C=O) groups excluding carboxylic acids is 1. The lowest BCUT2D eigenvalue weighted by Crippen LogP contribution is -2.42. The van der Waals surface area contributed by atoms with Gasteiger partial charge >= 0.3 is 5.97 Å². The fourth-order valence-electron chi connectivity index (χ4n) is 3.33. The van der Waals surface area contributed by atoms with E-state index in [1.165, 1.54) is 14.1 Å². The molecular weight excluding hydrogens is 470 g/mol. The number of rotatable bonds is 12. The van der Waals surface area contributed by atoms with E-state index in [9.17, 15) is 13.2 Å². The molecule has 1 aromatic heterocycles. The maximum absolute atomic E-state index is 12.6. The van der Waals surface area contributed by atoms with Crippen LogP contribution < -0.4 is 4.74 Å². The van der Waals surface area contributed by atoms with Gasteiger partial charge in [-0.05, 0) is 43.7 Å². The molecule has 1 heterocycles. The van der Waals surface area contributed by atoms with E-state index in [-0.39, 0.29) is 19.7 Å². The molecule has 0 saturated heterocycles. The summed E-state index contributed by atoms with van der Waals surface area (Å²) >= 11 is 0. The molecule has 0 atom stereocenters. The average Bonchev–Trinajstić information content (AvgIpc) is 3.20. The molecule has 0 N–H and O–H groups in total. The fourth-order valence-corrected chi connectivity index (χ4v) is 4.37. The van der Waals surface area contributed by atoms with Crippen LogP contribution >= 0.6 is 0 Å². The molecule has 0 aliphatic heterocycles. The number of hydrogen-bond donors (Lipinski definition) is 0. The summed E-state index contributed by atoms with van der Waals surface area (Å²) in [6, 6.07) is 16.8. The number of hydrogen-bond acceptors (Lipinski definition) is 7. The maximum Gasteiger partial charge on any atom is 0.321 e. The molecule has 0 radical (unpaired) electrons. The van der Waals surface area contributed by atoms with Gasteiger partial charge in [-0.25, -0.2) is 4.98 Å². The van der Waals surface area contributed by atoms with E-state index in [0.29, 0.717) is 30.2 Å². The molecule has 3 aromatic rings. The Labute approximate surface area is 206 Å². The van der Waals surface area contributed by atoms with Crippen LogP contribution in [0.25, 0.3) is 11.5 Å². The Morgan fingerprint density at radius 2 is 1.74 bits per heavy atom. The number of aryl methyl sites for hydroxylation is 1. The van der Waals surface area contributed by atoms with E-state index < -0.39 is 16.2 Å². The summed E-state index contributed by atoms with van der Waals surface area (Å²) in [5.41, 5.74) is 2.47. The highest BCUT2D eigenvalue weighted by atomic mass is 32.2. The second-order valence-electron chi connectivity index (χ2n) is 7.99. The minimum atomic E-state index is -3.81. The Bertz CT molecular complexity index is 1210. The van der Waals surface area contributed by atoms with E-state index in [1.54, 1.807) is 31.2 Å². The summed E-state index contributed by atoms with van der Waals surface area (Å²) < 4.78 is 44.0. The van der Waals surface area contributed by atoms with Crippen LogP contribution in [0.2, 0.25) is 0 Å². The predicted molar refractivity (Wildman–Crippen MR) is 132 cm³/mol. The number of aromatic nitrogens is 1. The summed E-state index contributed by atoms with van der Waals surface area (Å²) in [5, 5.41) is 0. The minimum absolute atomic E-state index is 0.0278. The molecule has 9 nitrogen and oxygen atoms in total. The highest BCUT2D eigenvalue weighted by molar-refractivity contribution is 7.86. The van der Waals surface area contributed by atoms with Crippen molar-refractivity contribution in [1.29, 1.82) is 0 Å². The third kappa shape index (κ3) is 7.14. The topological polar surface area (TPSA) is 102 Å². The molecule has 0 bridgehead atoms. The third-order valence-corrected chi connectivity index (χ3v) is 7.04. The van der Waals surface area contributed by atoms with Crippen molar-refractivity contribution < 1.29 is 27.1 Å². The van der Waals surface area contributed by atoms with Gasteiger partial charge in [0.15, 0.2) is 0 Å². The van der Waals surface area contributed by atoms with E-state index in [2.05, 4.69) is 4.98 Å². The molecular formula is C25H31N3O6S. The smallest absolute Gasteiger partial charge is 0.321 e. The van der Waals surface area contributed by atoms with Crippen LogP contribution in [0.15, 0.2) is 59.0 Å². The minimum Gasteiger partial charge on any atom is -0.493 e. The monoisotopic (exact) mass is 501 g/mol. The third-order valence-electron chi connectivity index (χ3n) is 5.20. The van der Waals surface area contributed by atoms with Crippen molar-refractivity contribution in [3.05, 3.63) is 71.6 Å². The van der Waals surface area contributed by atoms with Gasteiger partial charge in [0.05, 0.1) is 18.9 Å². The van der Waals surface area contributed by atoms with Crippen molar-refractivity contribution in [3.63, 3.8) is 0 Å². The van der Waals surface area contributed by atoms with E-state index in [4.69, 9.17) is 13.9 Å². The number of esters is 1. The van der Waals surface area contributed by atoms with Crippen molar-refractivity contribution in [3.8, 4) is 17.2 Å². The molecule has 0 aliphatic carbocycles. The molecule has 188 valence electrons. The van der Waals surface area contributed by atoms with Crippen molar-refractivity contribution in [2.75, 3.05) is 33.9 Å². The van der Waals surface area contributed by atoms with Gasteiger partial charge in [-0.15, -0.1) is 0 Å².